The van der Waals surface area contributed by atoms with E-state index in [9.17, 15) is 4.79 Å². The Hall–Kier alpha value is -1.90. The average molecular weight is 271 g/mol. The number of pyridine rings is 1. The van der Waals surface area contributed by atoms with Crippen molar-refractivity contribution in [2.75, 3.05) is 0 Å². The topological polar surface area (TPSA) is 50.2 Å². The van der Waals surface area contributed by atoms with Gasteiger partial charge in [-0.15, -0.1) is 0 Å². The second-order valence-corrected chi connectivity index (χ2v) is 6.19. The van der Waals surface area contributed by atoms with Gasteiger partial charge in [0.25, 0.3) is 0 Å². The predicted molar refractivity (Wildman–Crippen MR) is 81.2 cm³/mol. The summed E-state index contributed by atoms with van der Waals surface area (Å²) in [5.41, 5.74) is 3.78. The lowest BCUT2D eigenvalue weighted by molar-refractivity contribution is -0.136. The number of carboxylic acid groups (broad SMARTS) is 1. The quantitative estimate of drug-likeness (QED) is 0.925. The highest BCUT2D eigenvalue weighted by Gasteiger charge is 2.18. The van der Waals surface area contributed by atoms with Gasteiger partial charge in [0.05, 0.1) is 11.9 Å². The molecule has 1 heterocycles. The first kappa shape index (κ1) is 14.5. The van der Waals surface area contributed by atoms with Crippen LogP contribution in [0.5, 0.6) is 0 Å². The Labute approximate surface area is 119 Å². The first-order chi connectivity index (χ1) is 9.31. The molecule has 0 fully saturated rings. The minimum atomic E-state index is -0.806. The zero-order chi connectivity index (χ0) is 14.9. The van der Waals surface area contributed by atoms with Gasteiger partial charge < -0.3 is 5.11 Å². The van der Waals surface area contributed by atoms with Crippen molar-refractivity contribution in [3.63, 3.8) is 0 Å². The van der Waals surface area contributed by atoms with E-state index in [1.165, 1.54) is 5.56 Å². The Morgan fingerprint density at radius 3 is 2.50 bits per heavy atom. The molecule has 1 N–H and O–H groups in total. The number of aliphatic carboxylic acids is 1. The smallest absolute Gasteiger partial charge is 0.307 e. The third-order valence-electron chi connectivity index (χ3n) is 3.48. The van der Waals surface area contributed by atoms with E-state index in [0.717, 1.165) is 28.6 Å². The van der Waals surface area contributed by atoms with Crippen LogP contribution in [-0.4, -0.2) is 16.1 Å². The van der Waals surface area contributed by atoms with Crippen molar-refractivity contribution in [3.8, 4) is 0 Å². The van der Waals surface area contributed by atoms with E-state index in [4.69, 9.17) is 10.1 Å². The number of aromatic nitrogens is 1. The molecule has 0 spiro atoms. The second kappa shape index (κ2) is 5.23. The van der Waals surface area contributed by atoms with Crippen molar-refractivity contribution < 1.29 is 9.90 Å². The van der Waals surface area contributed by atoms with Gasteiger partial charge in [-0.1, -0.05) is 33.8 Å². The van der Waals surface area contributed by atoms with Gasteiger partial charge in [0.15, 0.2) is 0 Å². The molecule has 0 radical (unpaired) electrons. The maximum absolute atomic E-state index is 11.1. The molecule has 0 aliphatic carbocycles. The lowest BCUT2D eigenvalue weighted by Crippen LogP contribution is -2.15. The summed E-state index contributed by atoms with van der Waals surface area (Å²) in [4.78, 5) is 15.8. The number of benzene rings is 1. The van der Waals surface area contributed by atoms with E-state index in [2.05, 4.69) is 39.8 Å². The highest BCUT2D eigenvalue weighted by Crippen LogP contribution is 2.27. The number of hydrogen-bond donors (Lipinski definition) is 1. The van der Waals surface area contributed by atoms with Gasteiger partial charge in [-0.05, 0) is 35.7 Å². The molecule has 0 bridgehead atoms. The molecule has 0 atom stereocenters. The Morgan fingerprint density at radius 1 is 1.25 bits per heavy atom. The molecular formula is C17H21NO2. The third-order valence-corrected chi connectivity index (χ3v) is 3.48. The second-order valence-electron chi connectivity index (χ2n) is 6.19. The van der Waals surface area contributed by atoms with Crippen molar-refractivity contribution >= 4 is 16.9 Å². The molecule has 1 aromatic carbocycles. The molecule has 3 nitrogen and oxygen atoms in total. The first-order valence-corrected chi connectivity index (χ1v) is 6.96. The summed E-state index contributed by atoms with van der Waals surface area (Å²) >= 11 is 0. The van der Waals surface area contributed by atoms with E-state index in [1.54, 1.807) is 0 Å². The molecule has 0 saturated heterocycles. The molecule has 2 aromatic rings. The standard InChI is InChI=1S/C17H21NO2/c1-5-11-6-7-14-13(8-11)12(10-16(19)20)9-15(18-14)17(2,3)4/h6-9H,5,10H2,1-4H3,(H,19,20). The zero-order valence-corrected chi connectivity index (χ0v) is 12.5. The first-order valence-electron chi connectivity index (χ1n) is 6.96. The summed E-state index contributed by atoms with van der Waals surface area (Å²) in [7, 11) is 0. The molecule has 0 unspecified atom stereocenters. The fourth-order valence-corrected chi connectivity index (χ4v) is 2.26. The normalized spacial score (nSPS) is 11.8. The SMILES string of the molecule is CCc1ccc2nc(C(C)(C)C)cc(CC(=O)O)c2c1. The van der Waals surface area contributed by atoms with Crippen molar-refractivity contribution in [1.82, 2.24) is 4.98 Å². The van der Waals surface area contributed by atoms with Gasteiger partial charge in [-0.3, -0.25) is 9.78 Å². The molecule has 1 aromatic heterocycles. The van der Waals surface area contributed by atoms with Gasteiger partial charge >= 0.3 is 5.97 Å². The number of fused-ring (bicyclic) bond motifs is 1. The summed E-state index contributed by atoms with van der Waals surface area (Å²) in [5, 5.41) is 10.1. The van der Waals surface area contributed by atoms with Crippen LogP contribution in [0.2, 0.25) is 0 Å². The minimum absolute atomic E-state index is 0.0370. The summed E-state index contributed by atoms with van der Waals surface area (Å²) in [6.45, 7) is 8.36. The van der Waals surface area contributed by atoms with E-state index >= 15 is 0 Å². The molecule has 0 aliphatic heterocycles. The fraction of sp³-hybridized carbons (Fsp3) is 0.412. The number of hydrogen-bond acceptors (Lipinski definition) is 2. The maximum Gasteiger partial charge on any atom is 0.307 e. The van der Waals surface area contributed by atoms with Gasteiger partial charge in [0.1, 0.15) is 0 Å². The summed E-state index contributed by atoms with van der Waals surface area (Å²) in [5.74, 6) is -0.806. The number of rotatable bonds is 3. The largest absolute Gasteiger partial charge is 0.481 e. The predicted octanol–water partition coefficient (Wildman–Crippen LogP) is 3.72. The summed E-state index contributed by atoms with van der Waals surface area (Å²) < 4.78 is 0. The van der Waals surface area contributed by atoms with E-state index < -0.39 is 5.97 Å². The molecule has 20 heavy (non-hydrogen) atoms. The molecule has 0 amide bonds. The van der Waals surface area contributed by atoms with Crippen LogP contribution in [0.4, 0.5) is 0 Å². The van der Waals surface area contributed by atoms with Crippen molar-refractivity contribution in [1.29, 1.82) is 0 Å². The fourth-order valence-electron chi connectivity index (χ4n) is 2.26. The number of nitrogens with zero attached hydrogens (tertiary/aromatic N) is 1. The highest BCUT2D eigenvalue weighted by atomic mass is 16.4. The summed E-state index contributed by atoms with van der Waals surface area (Å²) in [6, 6.07) is 8.06. The van der Waals surface area contributed by atoms with Crippen LogP contribution in [0, 0.1) is 0 Å². The van der Waals surface area contributed by atoms with Crippen molar-refractivity contribution in [2.45, 2.75) is 46.0 Å². The van der Waals surface area contributed by atoms with Crippen LogP contribution >= 0.6 is 0 Å². The van der Waals surface area contributed by atoms with Crippen LogP contribution in [0.3, 0.4) is 0 Å². The zero-order valence-electron chi connectivity index (χ0n) is 12.5. The van der Waals surface area contributed by atoms with E-state index in [1.807, 2.05) is 12.1 Å². The number of aryl methyl sites for hydroxylation is 1. The van der Waals surface area contributed by atoms with Crippen LogP contribution in [0.25, 0.3) is 10.9 Å². The van der Waals surface area contributed by atoms with E-state index in [-0.39, 0.29) is 11.8 Å². The van der Waals surface area contributed by atoms with Crippen LogP contribution in [0.15, 0.2) is 24.3 Å². The monoisotopic (exact) mass is 271 g/mol. The van der Waals surface area contributed by atoms with Crippen molar-refractivity contribution in [3.05, 3.63) is 41.1 Å². The molecule has 3 heteroatoms. The molecule has 106 valence electrons. The average Bonchev–Trinajstić information content (AvgIpc) is 2.36. The lowest BCUT2D eigenvalue weighted by atomic mass is 9.89. The number of carbonyl (C=O) groups is 1. The van der Waals surface area contributed by atoms with Gasteiger partial charge in [-0.2, -0.15) is 0 Å². The molecular weight excluding hydrogens is 250 g/mol. The Morgan fingerprint density at radius 2 is 1.95 bits per heavy atom. The Kier molecular flexibility index (Phi) is 3.80. The van der Waals surface area contributed by atoms with Crippen LogP contribution < -0.4 is 0 Å². The molecule has 0 saturated carbocycles. The number of carboxylic acids is 1. The lowest BCUT2D eigenvalue weighted by Gasteiger charge is -2.20. The minimum Gasteiger partial charge on any atom is -0.481 e. The van der Waals surface area contributed by atoms with Gasteiger partial charge in [0, 0.05) is 16.5 Å². The molecule has 0 aliphatic rings. The maximum atomic E-state index is 11.1. The van der Waals surface area contributed by atoms with E-state index in [0.29, 0.717) is 0 Å². The van der Waals surface area contributed by atoms with Crippen LogP contribution in [0.1, 0.15) is 44.5 Å². The Bertz CT molecular complexity index is 654. The Balaban J connectivity index is 2.70. The third kappa shape index (κ3) is 2.98. The van der Waals surface area contributed by atoms with Crippen LogP contribution in [-0.2, 0) is 23.1 Å². The van der Waals surface area contributed by atoms with Gasteiger partial charge in [-0.25, -0.2) is 0 Å². The van der Waals surface area contributed by atoms with Crippen molar-refractivity contribution in [2.24, 2.45) is 0 Å². The highest BCUT2D eigenvalue weighted by molar-refractivity contribution is 5.87. The van der Waals surface area contributed by atoms with Gasteiger partial charge in [0.2, 0.25) is 0 Å². The summed E-state index contributed by atoms with van der Waals surface area (Å²) in [6.07, 6.45) is 0.971. The molecule has 2 rings (SSSR count).